The molecule has 2 bridgehead atoms. The van der Waals surface area contributed by atoms with Crippen molar-refractivity contribution in [3.8, 4) is 0 Å². The fourth-order valence-electron chi connectivity index (χ4n) is 2.84. The average Bonchev–Trinajstić information content (AvgIpc) is 2.79. The van der Waals surface area contributed by atoms with E-state index in [0.29, 0.717) is 0 Å². The van der Waals surface area contributed by atoms with Crippen LogP contribution in [0.3, 0.4) is 0 Å². The molecule has 0 aromatic carbocycles. The number of hydrogen-bond acceptors (Lipinski definition) is 0. The van der Waals surface area contributed by atoms with Gasteiger partial charge in [-0.3, -0.25) is 0 Å². The highest BCUT2D eigenvalue weighted by Crippen LogP contribution is 2.44. The van der Waals surface area contributed by atoms with Crippen LogP contribution in [0.15, 0.2) is 23.8 Å². The molecular formula is C14H22. The molecule has 0 N–H and O–H groups in total. The largest absolute Gasteiger partial charge is 0.0882 e. The molecule has 0 spiro atoms. The molecule has 0 aliphatic heterocycles. The van der Waals surface area contributed by atoms with Gasteiger partial charge in [0.2, 0.25) is 0 Å². The Kier molecular flexibility index (Phi) is 3.44. The molecule has 2 aliphatic carbocycles. The van der Waals surface area contributed by atoms with Crippen molar-refractivity contribution in [2.45, 2.75) is 51.9 Å². The van der Waals surface area contributed by atoms with Crippen molar-refractivity contribution in [2.75, 3.05) is 0 Å². The van der Waals surface area contributed by atoms with Gasteiger partial charge in [0, 0.05) is 0 Å². The zero-order valence-electron chi connectivity index (χ0n) is 9.34. The molecule has 0 heteroatoms. The van der Waals surface area contributed by atoms with E-state index < -0.39 is 0 Å². The molecule has 0 radical (unpaired) electrons. The second-order valence-corrected chi connectivity index (χ2v) is 4.83. The summed E-state index contributed by atoms with van der Waals surface area (Å²) >= 11 is 0. The fraction of sp³-hybridized carbons (Fsp3) is 0.714. The summed E-state index contributed by atoms with van der Waals surface area (Å²) in [7, 11) is 0. The van der Waals surface area contributed by atoms with Crippen molar-refractivity contribution in [1.82, 2.24) is 0 Å². The highest BCUT2D eigenvalue weighted by molar-refractivity contribution is 5.21. The lowest BCUT2D eigenvalue weighted by Gasteiger charge is -2.10. The minimum absolute atomic E-state index is 0.957. The molecule has 2 aliphatic rings. The van der Waals surface area contributed by atoms with Gasteiger partial charge in [-0.25, -0.2) is 0 Å². The van der Waals surface area contributed by atoms with Gasteiger partial charge in [-0.2, -0.15) is 0 Å². The van der Waals surface area contributed by atoms with Crippen LogP contribution in [0.5, 0.6) is 0 Å². The summed E-state index contributed by atoms with van der Waals surface area (Å²) in [5.41, 5.74) is 1.74. The Morgan fingerprint density at radius 1 is 1.36 bits per heavy atom. The predicted molar refractivity (Wildman–Crippen MR) is 62.2 cm³/mol. The van der Waals surface area contributed by atoms with Crippen molar-refractivity contribution < 1.29 is 0 Å². The third-order valence-corrected chi connectivity index (χ3v) is 3.69. The highest BCUT2D eigenvalue weighted by atomic mass is 14.4. The first-order chi connectivity index (χ1) is 6.90. The van der Waals surface area contributed by atoms with E-state index in [1.54, 1.807) is 5.57 Å². The normalized spacial score (nSPS) is 30.2. The van der Waals surface area contributed by atoms with E-state index in [4.69, 9.17) is 0 Å². The van der Waals surface area contributed by atoms with E-state index in [9.17, 15) is 0 Å². The maximum atomic E-state index is 2.55. The Morgan fingerprint density at radius 3 is 2.93 bits per heavy atom. The standard InChI is InChI=1S/C14H22/c1-2-3-4-5-6-7-13-10-12-8-9-14(13)11-12/h5-6,10,12,14H,2-4,7-9,11H2,1H3. The molecule has 0 heterocycles. The lowest BCUT2D eigenvalue weighted by molar-refractivity contribution is 0.644. The summed E-state index contributed by atoms with van der Waals surface area (Å²) in [4.78, 5) is 0. The highest BCUT2D eigenvalue weighted by Gasteiger charge is 2.31. The van der Waals surface area contributed by atoms with Gasteiger partial charge in [-0.05, 0) is 43.9 Å². The molecule has 0 nitrogen and oxygen atoms in total. The van der Waals surface area contributed by atoms with E-state index in [-0.39, 0.29) is 0 Å². The van der Waals surface area contributed by atoms with Crippen LogP contribution in [-0.2, 0) is 0 Å². The van der Waals surface area contributed by atoms with Crippen molar-refractivity contribution >= 4 is 0 Å². The molecule has 0 amide bonds. The molecule has 1 fully saturated rings. The number of allylic oxidation sites excluding steroid dienone is 4. The van der Waals surface area contributed by atoms with Crippen LogP contribution in [0, 0.1) is 11.8 Å². The molecule has 14 heavy (non-hydrogen) atoms. The summed E-state index contributed by atoms with van der Waals surface area (Å²) in [5.74, 6) is 1.93. The van der Waals surface area contributed by atoms with Crippen LogP contribution >= 0.6 is 0 Å². The first-order valence-electron chi connectivity index (χ1n) is 6.25. The summed E-state index contributed by atoms with van der Waals surface area (Å²) in [5, 5.41) is 0. The number of hydrogen-bond donors (Lipinski definition) is 0. The van der Waals surface area contributed by atoms with Crippen LogP contribution < -0.4 is 0 Å². The minimum atomic E-state index is 0.957. The molecule has 0 saturated heterocycles. The third-order valence-electron chi connectivity index (χ3n) is 3.69. The van der Waals surface area contributed by atoms with Crippen LogP contribution in [0.1, 0.15) is 51.9 Å². The monoisotopic (exact) mass is 190 g/mol. The van der Waals surface area contributed by atoms with Crippen molar-refractivity contribution in [2.24, 2.45) is 11.8 Å². The smallest absolute Gasteiger partial charge is 0.0136 e. The van der Waals surface area contributed by atoms with Gasteiger partial charge < -0.3 is 0 Å². The average molecular weight is 190 g/mol. The zero-order valence-corrected chi connectivity index (χ0v) is 9.34. The lowest BCUT2D eigenvalue weighted by Crippen LogP contribution is -1.95. The van der Waals surface area contributed by atoms with Crippen LogP contribution in [0.2, 0.25) is 0 Å². The predicted octanol–water partition coefficient (Wildman–Crippen LogP) is 4.48. The van der Waals surface area contributed by atoms with Gasteiger partial charge in [0.05, 0.1) is 0 Å². The SMILES string of the molecule is CCCCC=CCC1=CC2CCC1C2. The molecule has 2 unspecified atom stereocenters. The summed E-state index contributed by atoms with van der Waals surface area (Å²) in [6, 6.07) is 0. The fourth-order valence-corrected chi connectivity index (χ4v) is 2.84. The van der Waals surface area contributed by atoms with Crippen LogP contribution in [0.25, 0.3) is 0 Å². The molecule has 0 aromatic heterocycles. The Bertz CT molecular complexity index is 234. The van der Waals surface area contributed by atoms with Crippen LogP contribution in [0.4, 0.5) is 0 Å². The second kappa shape index (κ2) is 4.82. The third kappa shape index (κ3) is 2.29. The van der Waals surface area contributed by atoms with Gasteiger partial charge in [0.15, 0.2) is 0 Å². The Morgan fingerprint density at radius 2 is 2.29 bits per heavy atom. The van der Waals surface area contributed by atoms with E-state index in [0.717, 1.165) is 11.8 Å². The molecule has 0 aromatic rings. The Balaban J connectivity index is 1.71. The maximum Gasteiger partial charge on any atom is -0.0136 e. The summed E-state index contributed by atoms with van der Waals surface area (Å²) in [6.45, 7) is 2.26. The van der Waals surface area contributed by atoms with E-state index in [1.165, 1.54) is 44.9 Å². The van der Waals surface area contributed by atoms with Gasteiger partial charge >= 0.3 is 0 Å². The van der Waals surface area contributed by atoms with Gasteiger partial charge in [0.1, 0.15) is 0 Å². The van der Waals surface area contributed by atoms with Crippen LogP contribution in [-0.4, -0.2) is 0 Å². The quantitative estimate of drug-likeness (QED) is 0.443. The Labute approximate surface area is 88.1 Å². The maximum absolute atomic E-state index is 2.55. The minimum Gasteiger partial charge on any atom is -0.0882 e. The summed E-state index contributed by atoms with van der Waals surface area (Å²) in [6.07, 6.45) is 16.9. The number of fused-ring (bicyclic) bond motifs is 2. The van der Waals surface area contributed by atoms with Crippen molar-refractivity contribution in [3.63, 3.8) is 0 Å². The summed E-state index contributed by atoms with van der Waals surface area (Å²) < 4.78 is 0. The molecule has 2 atom stereocenters. The van der Waals surface area contributed by atoms with Gasteiger partial charge in [-0.15, -0.1) is 0 Å². The number of unbranched alkanes of at least 4 members (excludes halogenated alkanes) is 2. The Hall–Kier alpha value is -0.520. The molecule has 1 saturated carbocycles. The van der Waals surface area contributed by atoms with E-state index in [2.05, 4.69) is 25.2 Å². The number of rotatable bonds is 5. The molecule has 78 valence electrons. The van der Waals surface area contributed by atoms with E-state index >= 15 is 0 Å². The van der Waals surface area contributed by atoms with Crippen molar-refractivity contribution in [3.05, 3.63) is 23.8 Å². The molecular weight excluding hydrogens is 168 g/mol. The second-order valence-electron chi connectivity index (χ2n) is 4.83. The topological polar surface area (TPSA) is 0 Å². The first-order valence-corrected chi connectivity index (χ1v) is 6.25. The molecule has 2 rings (SSSR count). The van der Waals surface area contributed by atoms with Gasteiger partial charge in [-0.1, -0.05) is 43.6 Å². The lowest BCUT2D eigenvalue weighted by atomic mass is 9.96. The van der Waals surface area contributed by atoms with Gasteiger partial charge in [0.25, 0.3) is 0 Å². The zero-order chi connectivity index (χ0) is 9.80. The van der Waals surface area contributed by atoms with Crippen molar-refractivity contribution in [1.29, 1.82) is 0 Å². The first kappa shape index (κ1) is 10.0. The van der Waals surface area contributed by atoms with E-state index in [1.807, 2.05) is 0 Å².